The zero-order valence-corrected chi connectivity index (χ0v) is 31.3. The summed E-state index contributed by atoms with van der Waals surface area (Å²) in [7, 11) is 0. The van der Waals surface area contributed by atoms with Crippen molar-refractivity contribution in [3.63, 3.8) is 0 Å². The number of carboxylic acids is 3. The van der Waals surface area contributed by atoms with E-state index in [0.29, 0.717) is 0 Å². The second-order valence-corrected chi connectivity index (χ2v) is 13.1. The first-order valence-corrected chi connectivity index (χ1v) is 17.5. The van der Waals surface area contributed by atoms with E-state index in [9.17, 15) is 67.7 Å². The maximum atomic E-state index is 13.7. The van der Waals surface area contributed by atoms with Gasteiger partial charge in [-0.1, -0.05) is 0 Å². The summed E-state index contributed by atoms with van der Waals surface area (Å²) in [6, 6.07) is -11.2. The van der Waals surface area contributed by atoms with Gasteiger partial charge in [0.05, 0.1) is 18.9 Å². The van der Waals surface area contributed by atoms with Crippen LogP contribution in [0, 0.1) is 0 Å². The van der Waals surface area contributed by atoms with E-state index in [2.05, 4.69) is 26.6 Å². The van der Waals surface area contributed by atoms with Gasteiger partial charge in [-0.3, -0.25) is 57.5 Å². The van der Waals surface area contributed by atoms with Crippen LogP contribution in [0.2, 0.25) is 0 Å². The lowest BCUT2D eigenvalue weighted by molar-refractivity contribution is -0.146. The first-order chi connectivity index (χ1) is 26.4. The summed E-state index contributed by atoms with van der Waals surface area (Å²) >= 11 is 0. The molecule has 8 atom stereocenters. The number of rotatable bonds is 24. The van der Waals surface area contributed by atoms with Crippen molar-refractivity contribution in [1.82, 2.24) is 36.8 Å². The fourth-order valence-corrected chi connectivity index (χ4v) is 5.47. The number of carboxylic acid groups (broad SMARTS) is 3. The molecule has 0 aliphatic carbocycles. The quantitative estimate of drug-likeness (QED) is 0.0431. The minimum absolute atomic E-state index is 0.00253. The van der Waals surface area contributed by atoms with Crippen molar-refractivity contribution in [2.75, 3.05) is 6.54 Å². The Morgan fingerprint density at radius 3 is 1.61 bits per heavy atom. The minimum atomic E-state index is -1.85. The van der Waals surface area contributed by atoms with E-state index in [4.69, 9.17) is 21.7 Å². The van der Waals surface area contributed by atoms with Crippen molar-refractivity contribution in [2.24, 2.45) is 11.5 Å². The van der Waals surface area contributed by atoms with Gasteiger partial charge >= 0.3 is 17.9 Å². The number of nitrogens with zero attached hydrogens (tertiary/aromatic N) is 1. The van der Waals surface area contributed by atoms with Crippen molar-refractivity contribution < 1.29 is 78.0 Å². The van der Waals surface area contributed by atoms with Crippen LogP contribution in [0.3, 0.4) is 0 Å². The Hall–Kier alpha value is -6.40. The highest BCUT2D eigenvalue weighted by Crippen LogP contribution is 2.20. The summed E-state index contributed by atoms with van der Waals surface area (Å²) in [4.78, 5) is 149. The Morgan fingerprint density at radius 2 is 1.14 bits per heavy atom. The van der Waals surface area contributed by atoms with Crippen LogP contribution in [0.15, 0.2) is 0 Å². The van der Waals surface area contributed by atoms with Gasteiger partial charge in [0.2, 0.25) is 53.2 Å². The molecular weight excluding hydrogens is 766 g/mol. The Labute approximate surface area is 324 Å². The molecule has 0 saturated carbocycles. The number of primary amides is 2. The van der Waals surface area contributed by atoms with Crippen molar-refractivity contribution in [3.05, 3.63) is 0 Å². The molecule has 9 amide bonds. The topological polar surface area (TPSA) is 413 Å². The molecule has 0 aromatic rings. The average molecular weight is 816 g/mol. The van der Waals surface area contributed by atoms with Crippen LogP contribution < -0.4 is 43.4 Å². The Kier molecular flexibility index (Phi) is 19.5. The number of likely N-dealkylation sites (tertiary alicyclic amines) is 1. The molecule has 25 nitrogen and oxygen atoms in total. The van der Waals surface area contributed by atoms with E-state index >= 15 is 0 Å². The van der Waals surface area contributed by atoms with E-state index < -0.39 is 158 Å². The number of aliphatic hydroxyl groups excluding tert-OH is 1. The molecule has 0 spiro atoms. The molecule has 0 aromatic heterocycles. The van der Waals surface area contributed by atoms with Crippen LogP contribution in [0.4, 0.5) is 0 Å². The third kappa shape index (κ3) is 16.9. The van der Waals surface area contributed by atoms with Gasteiger partial charge < -0.3 is 68.7 Å². The summed E-state index contributed by atoms with van der Waals surface area (Å²) in [5.74, 6) is -13.7. The Bertz CT molecular complexity index is 1590. The Morgan fingerprint density at radius 1 is 0.649 bits per heavy atom. The fraction of sp³-hybridized carbons (Fsp3) is 0.625. The molecule has 0 radical (unpaired) electrons. The summed E-state index contributed by atoms with van der Waals surface area (Å²) in [6.07, 6.45) is -5.30. The molecule has 1 saturated heterocycles. The molecule has 1 aliphatic rings. The van der Waals surface area contributed by atoms with Crippen molar-refractivity contribution >= 4 is 71.1 Å². The molecule has 57 heavy (non-hydrogen) atoms. The smallest absolute Gasteiger partial charge is 0.305 e. The first-order valence-electron chi connectivity index (χ1n) is 17.5. The number of aliphatic hydroxyl groups is 1. The van der Waals surface area contributed by atoms with Crippen LogP contribution in [0.1, 0.15) is 72.1 Å². The van der Waals surface area contributed by atoms with Gasteiger partial charge in [-0.15, -0.1) is 0 Å². The zero-order valence-electron chi connectivity index (χ0n) is 31.3. The number of carbonyl (C=O) groups is 12. The molecule has 0 aromatic carbocycles. The van der Waals surface area contributed by atoms with Crippen molar-refractivity contribution in [2.45, 2.75) is 121 Å². The highest BCUT2D eigenvalue weighted by atomic mass is 16.4. The highest BCUT2D eigenvalue weighted by molar-refractivity contribution is 5.99. The van der Waals surface area contributed by atoms with Crippen LogP contribution in [-0.4, -0.2) is 151 Å². The normalized spacial score (nSPS) is 17.1. The molecule has 1 fully saturated rings. The summed E-state index contributed by atoms with van der Waals surface area (Å²) in [6.45, 7) is 3.27. The number of amides is 9. The van der Waals surface area contributed by atoms with Gasteiger partial charge in [0.25, 0.3) is 0 Å². The standard InChI is InChI=1S/C32H49N9O16/c1-13(27(52)37-17(7-9-22(45)46)28(53)39-18(26(34)51)11-23(47)48)35-30(55)20-5-4-10-41(20)32(57)19(12-24(49)50)40-29(54)16(6-8-21(33)44)38-31(56)25(14(2)42)36-15(3)43/h13-14,16-20,25,42H,4-12H2,1-3H3,(H2,33,44)(H2,34,51)(H,35,55)(H,36,43)(H,37,52)(H,38,56)(H,39,53)(H,40,54)(H,45,46)(H,47,48)(H,49,50)/t13-,14+,16-,17-,18-,19-,20-,25-/m0/s1. The number of aliphatic carboxylic acids is 3. The SMILES string of the molecule is CC(=O)N[C@H](C(=O)N[C@@H](CCC(N)=O)C(=O)N[C@@H](CC(=O)O)C(=O)N1CCC[C@H]1C(=O)N[C@@H](C)C(=O)N[C@@H](CCC(=O)O)C(=O)N[C@@H](CC(=O)O)C(N)=O)[C@@H](C)O. The summed E-state index contributed by atoms with van der Waals surface area (Å²) in [5, 5.41) is 50.8. The number of nitrogens with one attached hydrogen (secondary N) is 6. The van der Waals surface area contributed by atoms with Gasteiger partial charge in [-0.25, -0.2) is 0 Å². The molecular formula is C32H49N9O16. The Balaban J connectivity index is 3.20. The van der Waals surface area contributed by atoms with Crippen molar-refractivity contribution in [3.8, 4) is 0 Å². The number of hydrogen-bond acceptors (Lipinski definition) is 13. The predicted molar refractivity (Wildman–Crippen MR) is 188 cm³/mol. The average Bonchev–Trinajstić information content (AvgIpc) is 3.59. The number of carbonyl (C=O) groups excluding carboxylic acids is 9. The second-order valence-electron chi connectivity index (χ2n) is 13.1. The van der Waals surface area contributed by atoms with Crippen LogP contribution in [-0.2, 0) is 57.5 Å². The van der Waals surface area contributed by atoms with Gasteiger partial charge in [0.1, 0.15) is 42.3 Å². The summed E-state index contributed by atoms with van der Waals surface area (Å²) in [5.41, 5.74) is 10.3. The monoisotopic (exact) mass is 815 g/mol. The van der Waals surface area contributed by atoms with Gasteiger partial charge in [-0.2, -0.15) is 0 Å². The zero-order chi connectivity index (χ0) is 43.7. The lowest BCUT2D eigenvalue weighted by Crippen LogP contribution is -2.60. The largest absolute Gasteiger partial charge is 0.481 e. The third-order valence-corrected chi connectivity index (χ3v) is 8.34. The maximum Gasteiger partial charge on any atom is 0.305 e. The highest BCUT2D eigenvalue weighted by Gasteiger charge is 2.40. The predicted octanol–water partition coefficient (Wildman–Crippen LogP) is -6.13. The molecule has 1 rings (SSSR count). The maximum absolute atomic E-state index is 13.7. The van der Waals surface area contributed by atoms with E-state index in [1.807, 2.05) is 5.32 Å². The molecule has 1 heterocycles. The van der Waals surface area contributed by atoms with E-state index in [1.54, 1.807) is 0 Å². The van der Waals surface area contributed by atoms with Crippen LogP contribution >= 0.6 is 0 Å². The molecule has 25 heteroatoms. The van der Waals surface area contributed by atoms with E-state index in [1.165, 1.54) is 13.8 Å². The molecule has 0 bridgehead atoms. The summed E-state index contributed by atoms with van der Waals surface area (Å²) < 4.78 is 0. The molecule has 1 aliphatic heterocycles. The van der Waals surface area contributed by atoms with Gasteiger partial charge in [0.15, 0.2) is 0 Å². The molecule has 0 unspecified atom stereocenters. The fourth-order valence-electron chi connectivity index (χ4n) is 5.47. The first kappa shape index (κ1) is 48.6. The third-order valence-electron chi connectivity index (χ3n) is 8.34. The van der Waals surface area contributed by atoms with Crippen molar-refractivity contribution in [1.29, 1.82) is 0 Å². The lowest BCUT2D eigenvalue weighted by Gasteiger charge is -2.30. The molecule has 318 valence electrons. The number of hydrogen-bond donors (Lipinski definition) is 12. The van der Waals surface area contributed by atoms with Gasteiger partial charge in [0, 0.05) is 26.3 Å². The van der Waals surface area contributed by atoms with E-state index in [-0.39, 0.29) is 19.4 Å². The minimum Gasteiger partial charge on any atom is -0.481 e. The van der Waals surface area contributed by atoms with Gasteiger partial charge in [-0.05, 0) is 39.5 Å². The van der Waals surface area contributed by atoms with Crippen LogP contribution in [0.25, 0.3) is 0 Å². The van der Waals surface area contributed by atoms with Crippen LogP contribution in [0.5, 0.6) is 0 Å². The lowest BCUT2D eigenvalue weighted by atomic mass is 10.1. The van der Waals surface area contributed by atoms with E-state index in [0.717, 1.165) is 11.8 Å². The second kappa shape index (κ2) is 22.9. The number of nitrogens with two attached hydrogens (primary N) is 2. The molecule has 14 N–H and O–H groups in total.